The van der Waals surface area contributed by atoms with E-state index in [9.17, 15) is 14.4 Å². The van der Waals surface area contributed by atoms with Crippen molar-refractivity contribution in [2.24, 2.45) is 65.1 Å². The molecule has 7 aliphatic rings. The first kappa shape index (κ1) is 21.7. The zero-order valence-corrected chi connectivity index (χ0v) is 20.4. The number of esters is 3. The lowest BCUT2D eigenvalue weighted by atomic mass is 9.70. The fraction of sp³-hybridized carbons (Fsp3) is 0.893. The molecule has 0 aromatic carbocycles. The quantitative estimate of drug-likeness (QED) is 0.403. The van der Waals surface area contributed by atoms with Crippen molar-refractivity contribution < 1.29 is 28.6 Å². The Hall–Kier alpha value is -1.59. The molecule has 0 N–H and O–H groups in total. The maximum Gasteiger partial charge on any atom is 0.312 e. The van der Waals surface area contributed by atoms with Crippen LogP contribution in [-0.2, 0) is 28.6 Å². The monoisotopic (exact) mass is 470 g/mol. The first-order valence-electron chi connectivity index (χ1n) is 14.0. The molecule has 1 aliphatic heterocycles. The second-order valence-corrected chi connectivity index (χ2v) is 13.0. The van der Waals surface area contributed by atoms with Crippen LogP contribution in [0.15, 0.2) is 0 Å². The predicted molar refractivity (Wildman–Crippen MR) is 121 cm³/mol. The van der Waals surface area contributed by atoms with E-state index in [1.807, 2.05) is 13.8 Å². The van der Waals surface area contributed by atoms with E-state index in [4.69, 9.17) is 14.2 Å². The van der Waals surface area contributed by atoms with Gasteiger partial charge in [-0.2, -0.15) is 0 Å². The second kappa shape index (κ2) is 7.46. The van der Waals surface area contributed by atoms with Crippen molar-refractivity contribution in [1.82, 2.24) is 0 Å². The molecule has 0 amide bonds. The third-order valence-electron chi connectivity index (χ3n) is 11.5. The Labute approximate surface area is 201 Å². The number of hydrogen-bond donors (Lipinski definition) is 0. The predicted octanol–water partition coefficient (Wildman–Crippen LogP) is 4.50. The van der Waals surface area contributed by atoms with Crippen LogP contribution in [0.1, 0.15) is 78.1 Å². The number of carbonyl (C=O) groups is 3. The topological polar surface area (TPSA) is 78.9 Å². The van der Waals surface area contributed by atoms with Crippen molar-refractivity contribution in [2.75, 3.05) is 0 Å². The number of rotatable bonds is 7. The molecule has 6 bridgehead atoms. The molecule has 6 nitrogen and oxygen atoms in total. The summed E-state index contributed by atoms with van der Waals surface area (Å²) in [5.74, 6) is 2.72. The highest BCUT2D eigenvalue weighted by molar-refractivity contribution is 5.79. The third-order valence-corrected chi connectivity index (χ3v) is 11.5. The molecule has 1 heterocycles. The van der Waals surface area contributed by atoms with Crippen LogP contribution in [0, 0.1) is 65.1 Å². The lowest BCUT2D eigenvalue weighted by Gasteiger charge is -2.38. The average molecular weight is 471 g/mol. The molecule has 34 heavy (non-hydrogen) atoms. The van der Waals surface area contributed by atoms with Gasteiger partial charge in [0.1, 0.15) is 6.10 Å². The molecule has 13 unspecified atom stereocenters. The summed E-state index contributed by atoms with van der Waals surface area (Å²) >= 11 is 0. The van der Waals surface area contributed by atoms with Gasteiger partial charge in [0.05, 0.1) is 23.7 Å². The zero-order valence-electron chi connectivity index (χ0n) is 20.4. The molecule has 7 rings (SSSR count). The fourth-order valence-corrected chi connectivity index (χ4v) is 10.2. The Balaban J connectivity index is 0.961. The second-order valence-electron chi connectivity index (χ2n) is 13.0. The van der Waals surface area contributed by atoms with Crippen molar-refractivity contribution >= 4 is 17.9 Å². The van der Waals surface area contributed by atoms with Crippen molar-refractivity contribution in [3.63, 3.8) is 0 Å². The molecule has 0 aromatic rings. The molecule has 0 aromatic heterocycles. The summed E-state index contributed by atoms with van der Waals surface area (Å²) in [6, 6.07) is 0. The Morgan fingerprint density at radius 1 is 1.03 bits per heavy atom. The van der Waals surface area contributed by atoms with Gasteiger partial charge in [-0.3, -0.25) is 14.4 Å². The van der Waals surface area contributed by atoms with Gasteiger partial charge in [-0.25, -0.2) is 0 Å². The summed E-state index contributed by atoms with van der Waals surface area (Å²) in [7, 11) is 0. The van der Waals surface area contributed by atoms with E-state index in [-0.39, 0.29) is 47.7 Å². The van der Waals surface area contributed by atoms with Crippen LogP contribution in [0.4, 0.5) is 0 Å². The van der Waals surface area contributed by atoms with Crippen LogP contribution >= 0.6 is 0 Å². The van der Waals surface area contributed by atoms with Crippen LogP contribution in [0.5, 0.6) is 0 Å². The Bertz CT molecular complexity index is 915. The smallest absolute Gasteiger partial charge is 0.312 e. The Morgan fingerprint density at radius 2 is 1.82 bits per heavy atom. The highest BCUT2D eigenvalue weighted by Crippen LogP contribution is 2.68. The SMILES string of the molecule is CCC(CC(C)C(=O)OC1CC2CC1C1C3CCC(C3)C21)C(=O)OC12CC3CC(C(=O)O1)C2C3. The van der Waals surface area contributed by atoms with Crippen LogP contribution in [0.25, 0.3) is 0 Å². The first-order chi connectivity index (χ1) is 16.4. The van der Waals surface area contributed by atoms with Gasteiger partial charge in [-0.1, -0.05) is 13.8 Å². The Morgan fingerprint density at radius 3 is 2.59 bits per heavy atom. The van der Waals surface area contributed by atoms with Gasteiger partial charge >= 0.3 is 17.9 Å². The first-order valence-corrected chi connectivity index (χ1v) is 14.0. The van der Waals surface area contributed by atoms with Gasteiger partial charge in [0.2, 0.25) is 0 Å². The minimum absolute atomic E-state index is 0.0151. The van der Waals surface area contributed by atoms with E-state index in [0.29, 0.717) is 31.1 Å². The van der Waals surface area contributed by atoms with Crippen LogP contribution in [-0.4, -0.2) is 29.8 Å². The maximum absolute atomic E-state index is 13.1. The standard InChI is InChI=1S/C28H38O6/c1-3-15(26(30)33-28-12-14-7-19(21(28)8-14)27(31)34-28)6-13(2)25(29)32-22-11-18-10-20(22)24-17-5-4-16(9-17)23(18)24/h13-24H,3-12H2,1-2H3. The van der Waals surface area contributed by atoms with E-state index in [2.05, 4.69) is 0 Å². The molecule has 6 saturated carbocycles. The number of carbonyl (C=O) groups excluding carboxylic acids is 3. The normalized spacial score (nSPS) is 50.4. The minimum atomic E-state index is -1.04. The van der Waals surface area contributed by atoms with Gasteiger partial charge in [-0.05, 0) is 99.2 Å². The van der Waals surface area contributed by atoms with Gasteiger partial charge in [-0.15, -0.1) is 0 Å². The maximum atomic E-state index is 13.1. The van der Waals surface area contributed by atoms with Gasteiger partial charge < -0.3 is 14.2 Å². The fourth-order valence-electron chi connectivity index (χ4n) is 10.2. The molecule has 0 spiro atoms. The lowest BCUT2D eigenvalue weighted by Crippen LogP contribution is -2.41. The Kier molecular flexibility index (Phi) is 4.75. The molecule has 186 valence electrons. The number of fused-ring (bicyclic) bond motifs is 10. The molecule has 1 saturated heterocycles. The summed E-state index contributed by atoms with van der Waals surface area (Å²) in [4.78, 5) is 38.5. The van der Waals surface area contributed by atoms with E-state index in [1.54, 1.807) is 0 Å². The summed E-state index contributed by atoms with van der Waals surface area (Å²) in [5, 5.41) is 0. The van der Waals surface area contributed by atoms with E-state index in [0.717, 1.165) is 48.9 Å². The van der Waals surface area contributed by atoms with Crippen molar-refractivity contribution in [2.45, 2.75) is 89.9 Å². The van der Waals surface area contributed by atoms with Crippen LogP contribution in [0.2, 0.25) is 0 Å². The molecular formula is C28H38O6. The van der Waals surface area contributed by atoms with Crippen molar-refractivity contribution in [1.29, 1.82) is 0 Å². The molecule has 6 aliphatic carbocycles. The van der Waals surface area contributed by atoms with E-state index < -0.39 is 5.79 Å². The lowest BCUT2D eigenvalue weighted by molar-refractivity contribution is -0.226. The van der Waals surface area contributed by atoms with E-state index >= 15 is 0 Å². The summed E-state index contributed by atoms with van der Waals surface area (Å²) in [5.41, 5.74) is 0. The summed E-state index contributed by atoms with van der Waals surface area (Å²) in [6.45, 7) is 3.84. The highest BCUT2D eigenvalue weighted by Gasteiger charge is 2.68. The minimum Gasteiger partial charge on any atom is -0.462 e. The zero-order chi connectivity index (χ0) is 23.4. The van der Waals surface area contributed by atoms with Gasteiger partial charge in [0.15, 0.2) is 0 Å². The van der Waals surface area contributed by atoms with Crippen molar-refractivity contribution in [3.05, 3.63) is 0 Å². The van der Waals surface area contributed by atoms with Gasteiger partial charge in [0.25, 0.3) is 5.79 Å². The molecular weight excluding hydrogens is 432 g/mol. The molecule has 7 fully saturated rings. The van der Waals surface area contributed by atoms with Crippen molar-refractivity contribution in [3.8, 4) is 0 Å². The molecule has 0 radical (unpaired) electrons. The van der Waals surface area contributed by atoms with Gasteiger partial charge in [0, 0.05) is 6.42 Å². The van der Waals surface area contributed by atoms with Crippen LogP contribution in [0.3, 0.4) is 0 Å². The third kappa shape index (κ3) is 2.95. The summed E-state index contributed by atoms with van der Waals surface area (Å²) in [6.07, 6.45) is 10.0. The molecule has 13 atom stereocenters. The summed E-state index contributed by atoms with van der Waals surface area (Å²) < 4.78 is 17.7. The largest absolute Gasteiger partial charge is 0.462 e. The van der Waals surface area contributed by atoms with Crippen LogP contribution < -0.4 is 0 Å². The number of hydrogen-bond acceptors (Lipinski definition) is 6. The number of ether oxygens (including phenoxy) is 3. The highest BCUT2D eigenvalue weighted by atomic mass is 16.7. The molecule has 6 heteroatoms. The van der Waals surface area contributed by atoms with E-state index in [1.165, 1.54) is 25.7 Å². The average Bonchev–Trinajstić information content (AvgIpc) is 3.62.